The summed E-state index contributed by atoms with van der Waals surface area (Å²) in [6.45, 7) is -0.261. The molecule has 0 aliphatic carbocycles. The lowest BCUT2D eigenvalue weighted by Crippen LogP contribution is -2.48. The maximum atomic E-state index is 12.0. The maximum Gasteiger partial charge on any atom is 0.387 e. The smallest absolute Gasteiger partial charge is 0.387 e. The SMILES string of the molecule is Cl.O=C(Cc1ccc(OC(F)F)cc1)NCC1CNC1. The molecular weight excluding hydrogens is 290 g/mol. The van der Waals surface area contributed by atoms with Crippen molar-refractivity contribution in [3.63, 3.8) is 0 Å². The second kappa shape index (κ2) is 8.01. The Kier molecular flexibility index (Phi) is 6.67. The number of halogens is 3. The van der Waals surface area contributed by atoms with Crippen LogP contribution < -0.4 is 15.4 Å². The molecule has 1 amide bonds. The van der Waals surface area contributed by atoms with Crippen molar-refractivity contribution in [1.29, 1.82) is 0 Å². The maximum absolute atomic E-state index is 12.0. The first-order valence-corrected chi connectivity index (χ1v) is 6.14. The van der Waals surface area contributed by atoms with E-state index in [1.807, 2.05) is 0 Å². The molecule has 7 heteroatoms. The Hall–Kier alpha value is -1.40. The highest BCUT2D eigenvalue weighted by atomic mass is 35.5. The summed E-state index contributed by atoms with van der Waals surface area (Å²) in [5, 5.41) is 5.98. The topological polar surface area (TPSA) is 50.4 Å². The van der Waals surface area contributed by atoms with E-state index in [-0.39, 0.29) is 30.5 Å². The number of benzene rings is 1. The minimum absolute atomic E-state index is 0. The van der Waals surface area contributed by atoms with Gasteiger partial charge in [-0.25, -0.2) is 0 Å². The average Bonchev–Trinajstić information content (AvgIpc) is 2.29. The Labute approximate surface area is 122 Å². The van der Waals surface area contributed by atoms with Crippen molar-refractivity contribution < 1.29 is 18.3 Å². The number of alkyl halides is 2. The molecule has 1 aliphatic heterocycles. The van der Waals surface area contributed by atoms with Gasteiger partial charge in [0.25, 0.3) is 0 Å². The number of hydrogen-bond acceptors (Lipinski definition) is 3. The van der Waals surface area contributed by atoms with E-state index in [0.29, 0.717) is 12.5 Å². The Morgan fingerprint density at radius 2 is 2.00 bits per heavy atom. The van der Waals surface area contributed by atoms with Gasteiger partial charge in [-0.3, -0.25) is 4.79 Å². The molecule has 1 fully saturated rings. The fraction of sp³-hybridized carbons (Fsp3) is 0.462. The van der Waals surface area contributed by atoms with Crippen LogP contribution in [0.5, 0.6) is 5.75 Å². The Morgan fingerprint density at radius 1 is 1.35 bits per heavy atom. The predicted molar refractivity (Wildman–Crippen MR) is 73.4 cm³/mol. The number of amides is 1. The van der Waals surface area contributed by atoms with Crippen molar-refractivity contribution in [2.45, 2.75) is 13.0 Å². The third kappa shape index (κ3) is 5.30. The number of nitrogens with one attached hydrogen (secondary N) is 2. The lowest BCUT2D eigenvalue weighted by Gasteiger charge is -2.27. The first-order valence-electron chi connectivity index (χ1n) is 6.14. The van der Waals surface area contributed by atoms with E-state index >= 15 is 0 Å². The monoisotopic (exact) mass is 306 g/mol. The van der Waals surface area contributed by atoms with Crippen molar-refractivity contribution >= 4 is 18.3 Å². The number of carbonyl (C=O) groups excluding carboxylic acids is 1. The van der Waals surface area contributed by atoms with Crippen molar-refractivity contribution in [1.82, 2.24) is 10.6 Å². The van der Waals surface area contributed by atoms with Gasteiger partial charge in [0.2, 0.25) is 5.91 Å². The van der Waals surface area contributed by atoms with Crippen LogP contribution in [0.4, 0.5) is 8.78 Å². The summed E-state index contributed by atoms with van der Waals surface area (Å²) in [5.41, 5.74) is 0.769. The first kappa shape index (κ1) is 16.7. The number of rotatable bonds is 6. The Balaban J connectivity index is 0.00000200. The fourth-order valence-electron chi connectivity index (χ4n) is 1.79. The minimum atomic E-state index is -2.83. The zero-order valence-electron chi connectivity index (χ0n) is 10.8. The second-order valence-electron chi connectivity index (χ2n) is 4.53. The summed E-state index contributed by atoms with van der Waals surface area (Å²) in [6, 6.07) is 6.10. The molecule has 0 saturated carbocycles. The van der Waals surface area contributed by atoms with Gasteiger partial charge >= 0.3 is 6.61 Å². The molecule has 112 valence electrons. The zero-order valence-corrected chi connectivity index (χ0v) is 11.6. The molecule has 1 aromatic carbocycles. The lowest BCUT2D eigenvalue weighted by atomic mass is 10.0. The first-order chi connectivity index (χ1) is 9.13. The fourth-order valence-corrected chi connectivity index (χ4v) is 1.79. The summed E-state index contributed by atoms with van der Waals surface area (Å²) in [6.07, 6.45) is 0.245. The van der Waals surface area contributed by atoms with Crippen LogP contribution in [0.25, 0.3) is 0 Å². The zero-order chi connectivity index (χ0) is 13.7. The van der Waals surface area contributed by atoms with Crippen molar-refractivity contribution in [2.24, 2.45) is 5.92 Å². The quantitative estimate of drug-likeness (QED) is 0.839. The molecule has 1 aromatic rings. The van der Waals surface area contributed by atoms with E-state index in [1.165, 1.54) is 12.1 Å². The number of carbonyl (C=O) groups is 1. The van der Waals surface area contributed by atoms with Gasteiger partial charge in [0, 0.05) is 25.6 Å². The molecule has 1 aliphatic rings. The molecule has 0 spiro atoms. The van der Waals surface area contributed by atoms with Crippen LogP contribution in [0.2, 0.25) is 0 Å². The van der Waals surface area contributed by atoms with Crippen LogP contribution in [-0.4, -0.2) is 32.2 Å². The molecule has 2 rings (SSSR count). The summed E-state index contributed by atoms with van der Waals surface area (Å²) in [4.78, 5) is 11.6. The third-order valence-electron chi connectivity index (χ3n) is 2.97. The minimum Gasteiger partial charge on any atom is -0.435 e. The van der Waals surface area contributed by atoms with Crippen LogP contribution in [0.1, 0.15) is 5.56 Å². The molecule has 20 heavy (non-hydrogen) atoms. The van der Waals surface area contributed by atoms with Gasteiger partial charge in [-0.2, -0.15) is 8.78 Å². The molecule has 0 bridgehead atoms. The molecule has 0 atom stereocenters. The van der Waals surface area contributed by atoms with Gasteiger partial charge in [-0.05, 0) is 17.7 Å². The van der Waals surface area contributed by atoms with Crippen molar-refractivity contribution in [3.05, 3.63) is 29.8 Å². The summed E-state index contributed by atoms with van der Waals surface area (Å²) >= 11 is 0. The van der Waals surface area contributed by atoms with Crippen LogP contribution >= 0.6 is 12.4 Å². The van der Waals surface area contributed by atoms with Crippen molar-refractivity contribution in [3.8, 4) is 5.75 Å². The number of ether oxygens (including phenoxy) is 1. The van der Waals surface area contributed by atoms with Gasteiger partial charge in [0.15, 0.2) is 0 Å². The second-order valence-corrected chi connectivity index (χ2v) is 4.53. The van der Waals surface area contributed by atoms with Gasteiger partial charge in [-0.15, -0.1) is 12.4 Å². The van der Waals surface area contributed by atoms with E-state index in [4.69, 9.17) is 0 Å². The molecule has 0 unspecified atom stereocenters. The molecule has 2 N–H and O–H groups in total. The Bertz CT molecular complexity index is 425. The number of hydrogen-bond donors (Lipinski definition) is 2. The van der Waals surface area contributed by atoms with Crippen LogP contribution in [0, 0.1) is 5.92 Å². The molecule has 0 aromatic heterocycles. The molecule has 0 radical (unpaired) electrons. The Morgan fingerprint density at radius 3 is 2.50 bits per heavy atom. The van der Waals surface area contributed by atoms with Gasteiger partial charge < -0.3 is 15.4 Å². The summed E-state index contributed by atoms with van der Waals surface area (Å²) in [7, 11) is 0. The van der Waals surface area contributed by atoms with E-state index in [1.54, 1.807) is 12.1 Å². The van der Waals surface area contributed by atoms with E-state index in [9.17, 15) is 13.6 Å². The van der Waals surface area contributed by atoms with E-state index < -0.39 is 6.61 Å². The highest BCUT2D eigenvalue weighted by Crippen LogP contribution is 2.15. The van der Waals surface area contributed by atoms with Gasteiger partial charge in [0.05, 0.1) is 6.42 Å². The van der Waals surface area contributed by atoms with E-state index in [0.717, 1.165) is 18.7 Å². The lowest BCUT2D eigenvalue weighted by molar-refractivity contribution is -0.120. The van der Waals surface area contributed by atoms with Gasteiger partial charge in [0.1, 0.15) is 5.75 Å². The third-order valence-corrected chi connectivity index (χ3v) is 2.97. The molecule has 4 nitrogen and oxygen atoms in total. The highest BCUT2D eigenvalue weighted by Gasteiger charge is 2.17. The molecule has 1 heterocycles. The van der Waals surface area contributed by atoms with Crippen LogP contribution in [0.15, 0.2) is 24.3 Å². The largest absolute Gasteiger partial charge is 0.435 e. The van der Waals surface area contributed by atoms with Crippen LogP contribution in [-0.2, 0) is 11.2 Å². The van der Waals surface area contributed by atoms with E-state index in [2.05, 4.69) is 15.4 Å². The summed E-state index contributed by atoms with van der Waals surface area (Å²) in [5.74, 6) is 0.555. The molecular formula is C13H17ClF2N2O2. The standard InChI is InChI=1S/C13H16F2N2O2.ClH/c14-13(15)19-11-3-1-9(2-4-11)5-12(18)17-8-10-6-16-7-10;/h1-4,10,13,16H,5-8H2,(H,17,18);1H. The van der Waals surface area contributed by atoms with Crippen LogP contribution in [0.3, 0.4) is 0 Å². The average molecular weight is 307 g/mol. The molecule has 1 saturated heterocycles. The normalized spacial score (nSPS) is 14.3. The predicted octanol–water partition coefficient (Wildman–Crippen LogP) is 1.59. The summed E-state index contributed by atoms with van der Waals surface area (Å²) < 4.78 is 28.1. The van der Waals surface area contributed by atoms with Gasteiger partial charge in [-0.1, -0.05) is 12.1 Å². The van der Waals surface area contributed by atoms with Crippen molar-refractivity contribution in [2.75, 3.05) is 19.6 Å². The highest BCUT2D eigenvalue weighted by molar-refractivity contribution is 5.85.